The predicted molar refractivity (Wildman–Crippen MR) is 197 cm³/mol. The van der Waals surface area contributed by atoms with Crippen molar-refractivity contribution in [2.75, 3.05) is 17.4 Å². The summed E-state index contributed by atoms with van der Waals surface area (Å²) in [6.45, 7) is 13.1. The highest BCUT2D eigenvalue weighted by molar-refractivity contribution is 8.93. The molecule has 1 aliphatic heterocycles. The summed E-state index contributed by atoms with van der Waals surface area (Å²) >= 11 is 1.81. The molecule has 6 heteroatoms. The normalized spacial score (nSPS) is 12.8. The maximum atomic E-state index is 13.1. The SMILES string of the molecule is Br.CCCCCCCCCCCCCCOc1ccc(CN(C(=O)CC)c2cccc(CN3C=CSC3)c2)cc1C(C)(C)C. The summed E-state index contributed by atoms with van der Waals surface area (Å²) in [6.07, 6.45) is 18.8. The maximum Gasteiger partial charge on any atom is 0.227 e. The van der Waals surface area contributed by atoms with Crippen molar-refractivity contribution in [1.82, 2.24) is 4.90 Å². The zero-order valence-corrected chi connectivity index (χ0v) is 30.8. The van der Waals surface area contributed by atoms with Gasteiger partial charge in [0.25, 0.3) is 0 Å². The molecule has 1 aliphatic rings. The van der Waals surface area contributed by atoms with Crippen LogP contribution in [-0.4, -0.2) is 23.3 Å². The first-order valence-electron chi connectivity index (χ1n) is 17.0. The summed E-state index contributed by atoms with van der Waals surface area (Å²) in [7, 11) is 0. The molecule has 0 atom stereocenters. The van der Waals surface area contributed by atoms with Crippen molar-refractivity contribution in [3.63, 3.8) is 0 Å². The smallest absolute Gasteiger partial charge is 0.227 e. The number of rotatable bonds is 20. The second kappa shape index (κ2) is 21.0. The largest absolute Gasteiger partial charge is 0.493 e. The fourth-order valence-corrected chi connectivity index (χ4v) is 6.39. The molecule has 0 spiro atoms. The highest BCUT2D eigenvalue weighted by atomic mass is 79.9. The number of nitrogens with zero attached hydrogens (tertiary/aromatic N) is 2. The molecule has 0 aliphatic carbocycles. The van der Waals surface area contributed by atoms with Crippen molar-refractivity contribution in [3.05, 3.63) is 70.8 Å². The molecule has 0 saturated heterocycles. The van der Waals surface area contributed by atoms with Crippen LogP contribution < -0.4 is 9.64 Å². The first-order chi connectivity index (χ1) is 20.8. The fraction of sp³-hybridized carbons (Fsp3) is 0.605. The Morgan fingerprint density at radius 2 is 1.52 bits per heavy atom. The summed E-state index contributed by atoms with van der Waals surface area (Å²) in [6, 6.07) is 15.0. The first kappa shape index (κ1) is 38.3. The average molecular weight is 688 g/mol. The summed E-state index contributed by atoms with van der Waals surface area (Å²) in [5, 5.41) is 2.13. The Hall–Kier alpha value is -1.92. The standard InChI is InChI=1S/C38H58N2O2S.BrH/c1-6-8-9-10-11-12-13-14-15-16-17-18-25-42-36-23-22-33(28-35(36)38(3,4)5)30-40(37(41)7-2)34-21-19-20-32(27-34)29-39-24-26-43-31-39;/h19-24,26-28H,6-18,25,29-31H2,1-5H3;1H. The molecular weight excluding hydrogens is 628 g/mol. The van der Waals surface area contributed by atoms with Gasteiger partial charge in [-0.2, -0.15) is 0 Å². The summed E-state index contributed by atoms with van der Waals surface area (Å²) in [4.78, 5) is 17.4. The van der Waals surface area contributed by atoms with Crippen molar-refractivity contribution in [2.24, 2.45) is 0 Å². The quantitative estimate of drug-likeness (QED) is 0.130. The third-order valence-corrected chi connectivity index (χ3v) is 9.06. The predicted octanol–water partition coefficient (Wildman–Crippen LogP) is 11.6. The average Bonchev–Trinajstić information content (AvgIpc) is 3.51. The van der Waals surface area contributed by atoms with E-state index in [0.29, 0.717) is 13.0 Å². The third-order valence-electron chi connectivity index (χ3n) is 8.27. The van der Waals surface area contributed by atoms with Crippen LogP contribution in [0.25, 0.3) is 0 Å². The van der Waals surface area contributed by atoms with Crippen LogP contribution in [0.15, 0.2) is 54.1 Å². The molecule has 0 radical (unpaired) electrons. The minimum absolute atomic E-state index is 0. The molecule has 4 nitrogen and oxygen atoms in total. The lowest BCUT2D eigenvalue weighted by molar-refractivity contribution is -0.118. The first-order valence-corrected chi connectivity index (χ1v) is 18.0. The lowest BCUT2D eigenvalue weighted by Crippen LogP contribution is -2.30. The lowest BCUT2D eigenvalue weighted by Gasteiger charge is -2.27. The van der Waals surface area contributed by atoms with Gasteiger partial charge in [-0.15, -0.1) is 28.7 Å². The van der Waals surface area contributed by atoms with Gasteiger partial charge in [0, 0.05) is 24.9 Å². The zero-order valence-electron chi connectivity index (χ0n) is 28.2. The van der Waals surface area contributed by atoms with Crippen LogP contribution in [0.2, 0.25) is 0 Å². The van der Waals surface area contributed by atoms with Crippen LogP contribution in [0, 0.1) is 0 Å². The van der Waals surface area contributed by atoms with E-state index in [9.17, 15) is 4.79 Å². The van der Waals surface area contributed by atoms with Gasteiger partial charge in [0.1, 0.15) is 5.75 Å². The Balaban J connectivity index is 0.00000675. The van der Waals surface area contributed by atoms with E-state index in [2.05, 4.69) is 86.7 Å². The summed E-state index contributed by atoms with van der Waals surface area (Å²) < 4.78 is 6.36. The highest BCUT2D eigenvalue weighted by Gasteiger charge is 2.22. The van der Waals surface area contributed by atoms with Crippen LogP contribution in [0.3, 0.4) is 0 Å². The van der Waals surface area contributed by atoms with Crippen LogP contribution in [-0.2, 0) is 23.3 Å². The number of amides is 1. The summed E-state index contributed by atoms with van der Waals surface area (Å²) in [5.41, 5.74) is 4.47. The van der Waals surface area contributed by atoms with Gasteiger partial charge in [0.2, 0.25) is 5.91 Å². The van der Waals surface area contributed by atoms with E-state index in [1.54, 1.807) is 0 Å². The number of carbonyl (C=O) groups is 1. The van der Waals surface area contributed by atoms with E-state index in [4.69, 9.17) is 4.74 Å². The second-order valence-corrected chi connectivity index (χ2v) is 14.0. The molecule has 3 rings (SSSR count). The molecule has 1 amide bonds. The van der Waals surface area contributed by atoms with Gasteiger partial charge in [0.05, 0.1) is 19.0 Å². The number of unbranched alkanes of at least 4 members (excludes halogenated alkanes) is 11. The molecule has 44 heavy (non-hydrogen) atoms. The topological polar surface area (TPSA) is 32.8 Å². The molecule has 2 aromatic rings. The van der Waals surface area contributed by atoms with Crippen molar-refractivity contribution in [3.8, 4) is 5.75 Å². The molecule has 0 aromatic heterocycles. The molecule has 0 bridgehead atoms. The number of hydrogen-bond acceptors (Lipinski definition) is 4. The van der Waals surface area contributed by atoms with Gasteiger partial charge in [-0.3, -0.25) is 4.79 Å². The van der Waals surface area contributed by atoms with E-state index in [0.717, 1.165) is 42.4 Å². The van der Waals surface area contributed by atoms with Gasteiger partial charge in [0.15, 0.2) is 0 Å². The Morgan fingerprint density at radius 3 is 2.11 bits per heavy atom. The number of ether oxygens (including phenoxy) is 1. The van der Waals surface area contributed by atoms with Crippen LogP contribution in [0.5, 0.6) is 5.75 Å². The third kappa shape index (κ3) is 13.6. The zero-order chi connectivity index (χ0) is 30.9. The Bertz CT molecular complexity index is 1130. The van der Waals surface area contributed by atoms with Crippen molar-refractivity contribution in [1.29, 1.82) is 0 Å². The van der Waals surface area contributed by atoms with Gasteiger partial charge in [-0.05, 0) is 58.2 Å². The Labute approximate surface area is 284 Å². The second-order valence-electron chi connectivity index (χ2n) is 13.1. The van der Waals surface area contributed by atoms with Crippen LogP contribution in [0.4, 0.5) is 5.69 Å². The van der Waals surface area contributed by atoms with Gasteiger partial charge >= 0.3 is 0 Å². The minimum Gasteiger partial charge on any atom is -0.493 e. The molecule has 0 unspecified atom stereocenters. The maximum absolute atomic E-state index is 13.1. The number of anilines is 1. The van der Waals surface area contributed by atoms with Crippen molar-refractivity contribution < 1.29 is 9.53 Å². The van der Waals surface area contributed by atoms with E-state index < -0.39 is 0 Å². The molecule has 0 N–H and O–H groups in total. The lowest BCUT2D eigenvalue weighted by atomic mass is 9.85. The molecule has 0 saturated carbocycles. The molecule has 246 valence electrons. The number of benzene rings is 2. The number of halogens is 1. The number of carbonyl (C=O) groups excluding carboxylic acids is 1. The van der Waals surface area contributed by atoms with Gasteiger partial charge in [-0.25, -0.2) is 0 Å². The van der Waals surface area contributed by atoms with E-state index in [1.165, 1.54) is 81.8 Å². The summed E-state index contributed by atoms with van der Waals surface area (Å²) in [5.74, 6) is 2.09. The van der Waals surface area contributed by atoms with E-state index in [1.807, 2.05) is 23.6 Å². The van der Waals surface area contributed by atoms with Gasteiger partial charge < -0.3 is 14.5 Å². The van der Waals surface area contributed by atoms with Crippen LogP contribution >= 0.6 is 28.7 Å². The number of thioether (sulfide) groups is 1. The molecule has 1 heterocycles. The molecule has 0 fully saturated rings. The minimum atomic E-state index is -0.0529. The molecular formula is C38H59BrN2O2S. The monoisotopic (exact) mass is 686 g/mol. The van der Waals surface area contributed by atoms with Crippen molar-refractivity contribution >= 4 is 40.3 Å². The Kier molecular flexibility index (Phi) is 18.2. The van der Waals surface area contributed by atoms with E-state index >= 15 is 0 Å². The Morgan fingerprint density at radius 1 is 0.864 bits per heavy atom. The number of hydrogen-bond donors (Lipinski definition) is 0. The molecule has 2 aromatic carbocycles. The highest BCUT2D eigenvalue weighted by Crippen LogP contribution is 2.33. The van der Waals surface area contributed by atoms with Crippen molar-refractivity contribution in [2.45, 2.75) is 137 Å². The van der Waals surface area contributed by atoms with Crippen LogP contribution in [0.1, 0.15) is 135 Å². The fourth-order valence-electron chi connectivity index (χ4n) is 5.68. The van der Waals surface area contributed by atoms with Gasteiger partial charge in [-0.1, -0.05) is 123 Å². The van der Waals surface area contributed by atoms with E-state index in [-0.39, 0.29) is 28.3 Å².